The number of rotatable bonds is 10. The molecule has 0 aliphatic heterocycles. The molecule has 1 N–H and O–H groups in total. The zero-order valence-corrected chi connectivity index (χ0v) is 19.5. The minimum absolute atomic E-state index is 0.0519. The van der Waals surface area contributed by atoms with Gasteiger partial charge in [-0.25, -0.2) is 8.78 Å². The molecule has 0 heterocycles. The Morgan fingerprint density at radius 2 is 1.80 bits per heavy atom. The van der Waals surface area contributed by atoms with Crippen LogP contribution in [0.3, 0.4) is 0 Å². The molecular formula is C24H30F2N2S2. The van der Waals surface area contributed by atoms with Gasteiger partial charge in [0.25, 0.3) is 5.92 Å². The molecular weight excluding hydrogens is 418 g/mol. The van der Waals surface area contributed by atoms with E-state index in [9.17, 15) is 8.78 Å². The lowest BCUT2D eigenvalue weighted by Gasteiger charge is -2.18. The highest BCUT2D eigenvalue weighted by molar-refractivity contribution is 7.80. The second-order valence-corrected chi connectivity index (χ2v) is 8.23. The molecule has 2 aromatic rings. The standard InChI is InChI=1S/C24H30F2N2S2/c1-5-28(6-2)14-13-19-10-12-21(16-23(19)30)27-17(3)7-8-18-9-11-20(15-22(18)29)24(4,25)26/h7-12,15-16,27,29-30H,3,5-6,13-14H2,1-2,4H3/b8-7+. The molecule has 0 aliphatic rings. The van der Waals surface area contributed by atoms with E-state index in [1.165, 1.54) is 17.7 Å². The Bertz CT molecular complexity index is 901. The summed E-state index contributed by atoms with van der Waals surface area (Å²) in [6.45, 7) is 12.3. The Labute approximate surface area is 189 Å². The highest BCUT2D eigenvalue weighted by Gasteiger charge is 2.24. The third-order valence-corrected chi connectivity index (χ3v) is 5.79. The topological polar surface area (TPSA) is 15.3 Å². The molecule has 0 saturated carbocycles. The van der Waals surface area contributed by atoms with Crippen LogP contribution >= 0.6 is 25.3 Å². The van der Waals surface area contributed by atoms with E-state index >= 15 is 0 Å². The first-order valence-electron chi connectivity index (χ1n) is 10.0. The van der Waals surface area contributed by atoms with E-state index in [2.05, 4.69) is 62.0 Å². The predicted molar refractivity (Wildman–Crippen MR) is 130 cm³/mol. The summed E-state index contributed by atoms with van der Waals surface area (Å²) in [6, 6.07) is 10.5. The van der Waals surface area contributed by atoms with E-state index in [0.29, 0.717) is 10.6 Å². The van der Waals surface area contributed by atoms with Gasteiger partial charge < -0.3 is 10.2 Å². The highest BCUT2D eigenvalue weighted by atomic mass is 32.1. The lowest BCUT2D eigenvalue weighted by molar-refractivity contribution is 0.0172. The van der Waals surface area contributed by atoms with Crippen molar-refractivity contribution < 1.29 is 8.78 Å². The first-order valence-corrected chi connectivity index (χ1v) is 10.9. The third-order valence-electron chi connectivity index (χ3n) is 4.98. The Morgan fingerprint density at radius 3 is 2.37 bits per heavy atom. The average Bonchev–Trinajstić information content (AvgIpc) is 2.68. The van der Waals surface area contributed by atoms with Crippen LogP contribution < -0.4 is 5.32 Å². The second-order valence-electron chi connectivity index (χ2n) is 7.27. The minimum atomic E-state index is -2.88. The van der Waals surface area contributed by atoms with E-state index in [1.54, 1.807) is 18.2 Å². The maximum atomic E-state index is 13.4. The number of hydrogen-bond donors (Lipinski definition) is 3. The molecule has 0 fully saturated rings. The summed E-state index contributed by atoms with van der Waals surface area (Å²) in [4.78, 5) is 3.82. The largest absolute Gasteiger partial charge is 0.356 e. The fourth-order valence-electron chi connectivity index (χ4n) is 3.05. The number of nitrogens with zero attached hydrogens (tertiary/aromatic N) is 1. The van der Waals surface area contributed by atoms with Crippen LogP contribution in [0.4, 0.5) is 14.5 Å². The van der Waals surface area contributed by atoms with Crippen molar-refractivity contribution in [2.45, 2.75) is 42.9 Å². The summed E-state index contributed by atoms with van der Waals surface area (Å²) in [5.41, 5.74) is 3.48. The maximum absolute atomic E-state index is 13.4. The number of likely N-dealkylation sites (N-methyl/N-ethyl adjacent to an activating group) is 1. The number of hydrogen-bond acceptors (Lipinski definition) is 4. The second kappa shape index (κ2) is 11.0. The summed E-state index contributed by atoms with van der Waals surface area (Å²) in [7, 11) is 0. The zero-order valence-electron chi connectivity index (χ0n) is 17.8. The number of thiol groups is 2. The molecule has 0 spiro atoms. The molecule has 2 nitrogen and oxygen atoms in total. The quantitative estimate of drug-likeness (QED) is 0.271. The number of nitrogens with one attached hydrogen (secondary N) is 1. The van der Waals surface area contributed by atoms with E-state index in [4.69, 9.17) is 0 Å². The summed E-state index contributed by atoms with van der Waals surface area (Å²) >= 11 is 8.95. The Balaban J connectivity index is 2.00. The van der Waals surface area contributed by atoms with E-state index in [0.717, 1.165) is 49.1 Å². The molecule has 6 heteroatoms. The summed E-state index contributed by atoms with van der Waals surface area (Å²) in [5, 5.41) is 3.24. The SMILES string of the molecule is C=C(/C=C/c1ccc(C(C)(F)F)cc1S)Nc1ccc(CCN(CC)CC)c(S)c1. The average molecular weight is 449 g/mol. The Kier molecular flexibility index (Phi) is 9.01. The first-order chi connectivity index (χ1) is 14.1. The first kappa shape index (κ1) is 24.5. The maximum Gasteiger partial charge on any atom is 0.270 e. The molecule has 0 aliphatic carbocycles. The van der Waals surface area contributed by atoms with Gasteiger partial charge in [0.15, 0.2) is 0 Å². The van der Waals surface area contributed by atoms with E-state index < -0.39 is 5.92 Å². The summed E-state index contributed by atoms with van der Waals surface area (Å²) in [6.07, 6.45) is 4.56. The molecule has 0 aromatic heterocycles. The van der Waals surface area contributed by atoms with Gasteiger partial charge in [0.05, 0.1) is 0 Å². The van der Waals surface area contributed by atoms with Crippen LogP contribution in [-0.2, 0) is 12.3 Å². The zero-order chi connectivity index (χ0) is 22.3. The highest BCUT2D eigenvalue weighted by Crippen LogP contribution is 2.30. The molecule has 2 rings (SSSR count). The third kappa shape index (κ3) is 7.18. The molecule has 0 atom stereocenters. The van der Waals surface area contributed by atoms with Crippen LogP contribution in [0.2, 0.25) is 0 Å². The van der Waals surface area contributed by atoms with Crippen LogP contribution in [0.5, 0.6) is 0 Å². The number of allylic oxidation sites excluding steroid dienone is 1. The molecule has 30 heavy (non-hydrogen) atoms. The molecule has 0 unspecified atom stereocenters. The number of benzene rings is 2. The van der Waals surface area contributed by atoms with Gasteiger partial charge in [0.2, 0.25) is 0 Å². The van der Waals surface area contributed by atoms with Crippen molar-refractivity contribution >= 4 is 37.0 Å². The van der Waals surface area contributed by atoms with Crippen LogP contribution in [0, 0.1) is 0 Å². The van der Waals surface area contributed by atoms with Crippen molar-refractivity contribution in [1.29, 1.82) is 0 Å². The molecule has 0 bridgehead atoms. The minimum Gasteiger partial charge on any atom is -0.356 e. The van der Waals surface area contributed by atoms with Gasteiger partial charge in [-0.1, -0.05) is 44.7 Å². The fourth-order valence-corrected chi connectivity index (χ4v) is 3.66. The monoisotopic (exact) mass is 448 g/mol. The number of alkyl halides is 2. The van der Waals surface area contributed by atoms with Gasteiger partial charge >= 0.3 is 0 Å². The normalized spacial score (nSPS) is 12.0. The van der Waals surface area contributed by atoms with Crippen molar-refractivity contribution in [3.05, 3.63) is 71.4 Å². The van der Waals surface area contributed by atoms with Crippen LogP contribution in [0.1, 0.15) is 37.5 Å². The molecule has 0 radical (unpaired) electrons. The predicted octanol–water partition coefficient (Wildman–Crippen LogP) is 6.90. The number of anilines is 1. The van der Waals surface area contributed by atoms with E-state index in [1.807, 2.05) is 12.1 Å². The summed E-state index contributed by atoms with van der Waals surface area (Å²) in [5.74, 6) is -2.88. The molecule has 162 valence electrons. The van der Waals surface area contributed by atoms with Gasteiger partial charge in [0.1, 0.15) is 0 Å². The van der Waals surface area contributed by atoms with Crippen LogP contribution in [0.15, 0.2) is 64.5 Å². The molecule has 0 saturated heterocycles. The van der Waals surface area contributed by atoms with Crippen molar-refractivity contribution in [3.8, 4) is 0 Å². The molecule has 0 amide bonds. The van der Waals surface area contributed by atoms with Crippen molar-refractivity contribution in [2.75, 3.05) is 25.0 Å². The Hall–Kier alpha value is -1.76. The van der Waals surface area contributed by atoms with Gasteiger partial charge in [-0.05, 0) is 54.9 Å². The van der Waals surface area contributed by atoms with Gasteiger partial charge in [-0.15, -0.1) is 25.3 Å². The fraction of sp³-hybridized carbons (Fsp3) is 0.333. The van der Waals surface area contributed by atoms with Crippen molar-refractivity contribution in [1.82, 2.24) is 4.90 Å². The van der Waals surface area contributed by atoms with Gasteiger partial charge in [0, 0.05) is 40.2 Å². The van der Waals surface area contributed by atoms with Crippen molar-refractivity contribution in [2.24, 2.45) is 0 Å². The van der Waals surface area contributed by atoms with Gasteiger partial charge in [-0.3, -0.25) is 0 Å². The number of halogens is 2. The smallest absolute Gasteiger partial charge is 0.270 e. The van der Waals surface area contributed by atoms with Gasteiger partial charge in [-0.2, -0.15) is 0 Å². The lowest BCUT2D eigenvalue weighted by Crippen LogP contribution is -2.25. The molecule has 2 aromatic carbocycles. The van der Waals surface area contributed by atoms with Crippen LogP contribution in [0.25, 0.3) is 6.08 Å². The van der Waals surface area contributed by atoms with Crippen LogP contribution in [-0.4, -0.2) is 24.5 Å². The van der Waals surface area contributed by atoms with Crippen molar-refractivity contribution in [3.63, 3.8) is 0 Å². The Morgan fingerprint density at radius 1 is 1.10 bits per heavy atom. The van der Waals surface area contributed by atoms with E-state index in [-0.39, 0.29) is 5.56 Å². The lowest BCUT2D eigenvalue weighted by atomic mass is 10.1. The summed E-state index contributed by atoms with van der Waals surface area (Å²) < 4.78 is 26.8.